The monoisotopic (exact) mass is 394 g/mol. The molecule has 0 saturated carbocycles. The SMILES string of the molecule is CCCS(=O)(=O)N1CCCCC1C(=O)Nc1ccc(N2CCCCC2)nc1. The van der Waals surface area contributed by atoms with Gasteiger partial charge in [0.2, 0.25) is 15.9 Å². The molecule has 3 rings (SSSR count). The number of nitrogens with one attached hydrogen (secondary N) is 1. The molecule has 0 aliphatic carbocycles. The van der Waals surface area contributed by atoms with Crippen LogP contribution in [0.3, 0.4) is 0 Å². The van der Waals surface area contributed by atoms with Crippen LogP contribution in [0.1, 0.15) is 51.9 Å². The average molecular weight is 395 g/mol. The number of hydrogen-bond donors (Lipinski definition) is 1. The standard InChI is InChI=1S/C19H30N4O3S/c1-2-14-27(25,26)23-13-7-4-8-17(23)19(24)21-16-9-10-18(20-15-16)22-11-5-3-6-12-22/h9-10,15,17H,2-8,11-14H2,1H3,(H,21,24). The van der Waals surface area contributed by atoms with E-state index in [1.165, 1.54) is 23.6 Å². The molecule has 2 fully saturated rings. The van der Waals surface area contributed by atoms with Crippen LogP contribution in [0.5, 0.6) is 0 Å². The lowest BCUT2D eigenvalue weighted by molar-refractivity contribution is -0.120. The van der Waals surface area contributed by atoms with Crippen LogP contribution in [0, 0.1) is 0 Å². The van der Waals surface area contributed by atoms with Crippen LogP contribution in [-0.4, -0.2) is 55.0 Å². The smallest absolute Gasteiger partial charge is 0.242 e. The molecule has 1 atom stereocenters. The lowest BCUT2D eigenvalue weighted by Gasteiger charge is -2.33. The van der Waals surface area contributed by atoms with Gasteiger partial charge in [-0.3, -0.25) is 4.79 Å². The number of amides is 1. The van der Waals surface area contributed by atoms with E-state index >= 15 is 0 Å². The van der Waals surface area contributed by atoms with Gasteiger partial charge in [0.15, 0.2) is 0 Å². The van der Waals surface area contributed by atoms with Gasteiger partial charge < -0.3 is 10.2 Å². The van der Waals surface area contributed by atoms with Crippen LogP contribution >= 0.6 is 0 Å². The average Bonchev–Trinajstić information content (AvgIpc) is 2.69. The quantitative estimate of drug-likeness (QED) is 0.802. The first-order valence-electron chi connectivity index (χ1n) is 10.0. The van der Waals surface area contributed by atoms with Gasteiger partial charge in [0, 0.05) is 19.6 Å². The second-order valence-corrected chi connectivity index (χ2v) is 9.42. The van der Waals surface area contributed by atoms with Crippen molar-refractivity contribution in [2.45, 2.75) is 57.9 Å². The molecule has 7 nitrogen and oxygen atoms in total. The van der Waals surface area contributed by atoms with Crippen molar-refractivity contribution in [1.82, 2.24) is 9.29 Å². The molecule has 2 saturated heterocycles. The highest BCUT2D eigenvalue weighted by molar-refractivity contribution is 7.89. The van der Waals surface area contributed by atoms with E-state index in [4.69, 9.17) is 0 Å². The summed E-state index contributed by atoms with van der Waals surface area (Å²) in [5.74, 6) is 0.752. The Morgan fingerprint density at radius 3 is 2.56 bits per heavy atom. The summed E-state index contributed by atoms with van der Waals surface area (Å²) in [6.45, 7) is 4.30. The molecule has 1 aromatic heterocycles. The number of hydrogen-bond acceptors (Lipinski definition) is 5. The van der Waals surface area contributed by atoms with Crippen LogP contribution in [0.25, 0.3) is 0 Å². The predicted molar refractivity (Wildman–Crippen MR) is 107 cm³/mol. The van der Waals surface area contributed by atoms with E-state index in [9.17, 15) is 13.2 Å². The highest BCUT2D eigenvalue weighted by Crippen LogP contribution is 2.23. The largest absolute Gasteiger partial charge is 0.357 e. The van der Waals surface area contributed by atoms with Gasteiger partial charge >= 0.3 is 0 Å². The van der Waals surface area contributed by atoms with Gasteiger partial charge in [-0.05, 0) is 50.7 Å². The molecule has 1 aromatic rings. The maximum absolute atomic E-state index is 12.8. The van der Waals surface area contributed by atoms with Crippen molar-refractivity contribution < 1.29 is 13.2 Å². The highest BCUT2D eigenvalue weighted by Gasteiger charge is 2.36. The summed E-state index contributed by atoms with van der Waals surface area (Å²) < 4.78 is 26.4. The van der Waals surface area contributed by atoms with Gasteiger partial charge in [-0.15, -0.1) is 0 Å². The van der Waals surface area contributed by atoms with Gasteiger partial charge in [-0.2, -0.15) is 4.31 Å². The van der Waals surface area contributed by atoms with E-state index in [0.717, 1.165) is 31.7 Å². The summed E-state index contributed by atoms with van der Waals surface area (Å²) in [7, 11) is -3.39. The number of aromatic nitrogens is 1. The minimum Gasteiger partial charge on any atom is -0.357 e. The predicted octanol–water partition coefficient (Wildman–Crippen LogP) is 2.60. The highest BCUT2D eigenvalue weighted by atomic mass is 32.2. The first-order valence-corrected chi connectivity index (χ1v) is 11.6. The van der Waals surface area contributed by atoms with E-state index in [2.05, 4.69) is 15.2 Å². The van der Waals surface area contributed by atoms with Crippen LogP contribution in [0.2, 0.25) is 0 Å². The fourth-order valence-corrected chi connectivity index (χ4v) is 5.62. The fraction of sp³-hybridized carbons (Fsp3) is 0.684. The van der Waals surface area contributed by atoms with E-state index in [0.29, 0.717) is 25.1 Å². The Hall–Kier alpha value is -1.67. The minimum absolute atomic E-state index is 0.0862. The Balaban J connectivity index is 1.66. The minimum atomic E-state index is -3.39. The number of anilines is 2. The molecular weight excluding hydrogens is 364 g/mol. The molecule has 2 aliphatic heterocycles. The van der Waals surface area contributed by atoms with E-state index in [1.54, 1.807) is 6.20 Å². The third-order valence-corrected chi connectivity index (χ3v) is 7.35. The topological polar surface area (TPSA) is 82.6 Å². The lowest BCUT2D eigenvalue weighted by atomic mass is 10.0. The molecule has 1 N–H and O–H groups in total. The molecule has 0 spiro atoms. The second-order valence-electron chi connectivity index (χ2n) is 7.38. The molecular formula is C19H30N4O3S. The zero-order valence-electron chi connectivity index (χ0n) is 16.1. The van der Waals surface area contributed by atoms with Gasteiger partial charge in [0.25, 0.3) is 0 Å². The van der Waals surface area contributed by atoms with Gasteiger partial charge in [-0.25, -0.2) is 13.4 Å². The van der Waals surface area contributed by atoms with Crippen molar-refractivity contribution in [3.63, 3.8) is 0 Å². The number of rotatable bonds is 6. The molecule has 150 valence electrons. The normalized spacial score (nSPS) is 21.8. The van der Waals surface area contributed by atoms with E-state index < -0.39 is 16.1 Å². The number of carbonyl (C=O) groups excluding carboxylic acids is 1. The molecule has 1 unspecified atom stereocenters. The number of nitrogens with zero attached hydrogens (tertiary/aromatic N) is 3. The lowest BCUT2D eigenvalue weighted by Crippen LogP contribution is -2.50. The first-order chi connectivity index (χ1) is 13.0. The van der Waals surface area contributed by atoms with Gasteiger partial charge in [-0.1, -0.05) is 13.3 Å². The number of carbonyl (C=O) groups is 1. The van der Waals surface area contributed by atoms with Crippen molar-refractivity contribution in [3.8, 4) is 0 Å². The van der Waals surface area contributed by atoms with Crippen molar-refractivity contribution in [3.05, 3.63) is 18.3 Å². The van der Waals surface area contributed by atoms with E-state index in [1.807, 2.05) is 19.1 Å². The fourth-order valence-electron chi connectivity index (χ4n) is 3.87. The third kappa shape index (κ3) is 4.99. The van der Waals surface area contributed by atoms with Crippen molar-refractivity contribution >= 4 is 27.4 Å². The zero-order chi connectivity index (χ0) is 19.3. The molecule has 0 aromatic carbocycles. The van der Waals surface area contributed by atoms with Crippen LogP contribution in [-0.2, 0) is 14.8 Å². The van der Waals surface area contributed by atoms with E-state index in [-0.39, 0.29) is 11.7 Å². The Morgan fingerprint density at radius 1 is 1.15 bits per heavy atom. The maximum atomic E-state index is 12.8. The van der Waals surface area contributed by atoms with Crippen molar-refractivity contribution in [2.75, 3.05) is 35.6 Å². The number of sulfonamides is 1. The Morgan fingerprint density at radius 2 is 1.89 bits per heavy atom. The van der Waals surface area contributed by atoms with Gasteiger partial charge in [0.05, 0.1) is 17.6 Å². The third-order valence-electron chi connectivity index (χ3n) is 5.27. The molecule has 27 heavy (non-hydrogen) atoms. The van der Waals surface area contributed by atoms with Crippen LogP contribution in [0.15, 0.2) is 18.3 Å². The zero-order valence-corrected chi connectivity index (χ0v) is 16.9. The molecule has 1 amide bonds. The van der Waals surface area contributed by atoms with Crippen LogP contribution in [0.4, 0.5) is 11.5 Å². The molecule has 0 bridgehead atoms. The summed E-state index contributed by atoms with van der Waals surface area (Å²) in [5, 5.41) is 2.86. The number of piperidine rings is 2. The summed E-state index contributed by atoms with van der Waals surface area (Å²) in [6, 6.07) is 3.15. The summed E-state index contributed by atoms with van der Waals surface area (Å²) in [4.78, 5) is 19.5. The summed E-state index contributed by atoms with van der Waals surface area (Å²) in [5.41, 5.74) is 0.610. The van der Waals surface area contributed by atoms with Crippen LogP contribution < -0.4 is 10.2 Å². The van der Waals surface area contributed by atoms with Crippen molar-refractivity contribution in [2.24, 2.45) is 0 Å². The van der Waals surface area contributed by atoms with Crippen molar-refractivity contribution in [1.29, 1.82) is 0 Å². The second kappa shape index (κ2) is 9.01. The summed E-state index contributed by atoms with van der Waals surface area (Å²) in [6.07, 6.45) is 8.08. The Kier molecular flexibility index (Phi) is 6.70. The molecule has 2 aliphatic rings. The molecule has 0 radical (unpaired) electrons. The first kappa shape index (κ1) is 20.1. The van der Waals surface area contributed by atoms with Gasteiger partial charge in [0.1, 0.15) is 11.9 Å². The molecule has 8 heteroatoms. The molecule has 3 heterocycles. The Labute approximate surface area is 162 Å². The maximum Gasteiger partial charge on any atom is 0.242 e. The number of pyridine rings is 1. The summed E-state index contributed by atoms with van der Waals surface area (Å²) >= 11 is 0. The Bertz CT molecular complexity index is 730.